The van der Waals surface area contributed by atoms with E-state index in [1.807, 2.05) is 66.5 Å². The highest BCUT2D eigenvalue weighted by Crippen LogP contribution is 2.22. The van der Waals surface area contributed by atoms with Crippen molar-refractivity contribution in [2.45, 2.75) is 109 Å². The Labute approximate surface area is 422 Å². The molecule has 0 fully saturated rings. The number of carbonyl (C=O) groups excluding carboxylic acids is 4. The van der Waals surface area contributed by atoms with Gasteiger partial charge in [0.15, 0.2) is 28.1 Å². The number of nitrogens with zero attached hydrogens (tertiary/aromatic N) is 8. The first-order chi connectivity index (χ1) is 35.5. The van der Waals surface area contributed by atoms with Crippen molar-refractivity contribution in [1.29, 1.82) is 0 Å². The molecule has 0 unspecified atom stereocenters. The van der Waals surface area contributed by atoms with E-state index in [0.717, 1.165) is 80.2 Å². The highest BCUT2D eigenvalue weighted by atomic mass is 16.5. The molecule has 4 aromatic heterocycles. The van der Waals surface area contributed by atoms with Crippen molar-refractivity contribution in [3.05, 3.63) is 119 Å². The highest BCUT2D eigenvalue weighted by Gasteiger charge is 2.24. The predicted octanol–water partition coefficient (Wildman–Crippen LogP) is 6.00. The summed E-state index contributed by atoms with van der Waals surface area (Å²) in [6.07, 6.45) is 12.9. The van der Waals surface area contributed by atoms with E-state index in [1.165, 1.54) is 6.33 Å². The molecule has 7 rings (SSSR count). The molecule has 21 nitrogen and oxygen atoms in total. The van der Waals surface area contributed by atoms with E-state index in [1.54, 1.807) is 30.5 Å². The molecule has 4 heterocycles. The van der Waals surface area contributed by atoms with Gasteiger partial charge in [0.05, 0.1) is 24.8 Å². The average Bonchev–Trinajstić information content (AvgIpc) is 3.87. The van der Waals surface area contributed by atoms with Crippen molar-refractivity contribution in [3.8, 4) is 5.88 Å². The number of H-pyrrole nitrogens is 1. The molecular weight excluding hydrogens is 931 g/mol. The molecule has 382 valence electrons. The predicted molar refractivity (Wildman–Crippen MR) is 277 cm³/mol. The Morgan fingerprint density at radius 1 is 0.671 bits per heavy atom. The van der Waals surface area contributed by atoms with Gasteiger partial charge in [0.25, 0.3) is 5.91 Å². The summed E-state index contributed by atoms with van der Waals surface area (Å²) in [6, 6.07) is 22.9. The molecule has 1 atom stereocenters. The van der Waals surface area contributed by atoms with Crippen LogP contribution in [0.25, 0.3) is 22.3 Å². The van der Waals surface area contributed by atoms with E-state index in [-0.39, 0.29) is 55.6 Å². The summed E-state index contributed by atoms with van der Waals surface area (Å²) in [5, 5.41) is 8.76. The van der Waals surface area contributed by atoms with Gasteiger partial charge in [-0.2, -0.15) is 19.9 Å². The first-order valence-corrected chi connectivity index (χ1v) is 24.5. The summed E-state index contributed by atoms with van der Waals surface area (Å²) < 4.78 is 11.4. The fourth-order valence-corrected chi connectivity index (χ4v) is 7.94. The van der Waals surface area contributed by atoms with Gasteiger partial charge in [-0.3, -0.25) is 14.4 Å². The van der Waals surface area contributed by atoms with Gasteiger partial charge in [-0.05, 0) is 60.2 Å². The maximum Gasteiger partial charge on any atom is 0.328 e. The number of aromatic amines is 1. The smallest absolute Gasteiger partial charge is 0.328 e. The number of benzene rings is 3. The van der Waals surface area contributed by atoms with Gasteiger partial charge in [0.2, 0.25) is 29.6 Å². The quantitative estimate of drug-likeness (QED) is 0.0218. The third-order valence-electron chi connectivity index (χ3n) is 12.0. The molecule has 21 heteroatoms. The van der Waals surface area contributed by atoms with Crippen LogP contribution in [0.15, 0.2) is 91.4 Å². The van der Waals surface area contributed by atoms with Crippen molar-refractivity contribution in [1.82, 2.24) is 55.8 Å². The van der Waals surface area contributed by atoms with Gasteiger partial charge in [0.1, 0.15) is 19.3 Å². The van der Waals surface area contributed by atoms with Crippen molar-refractivity contribution in [2.24, 2.45) is 0 Å². The van der Waals surface area contributed by atoms with E-state index in [9.17, 15) is 19.2 Å². The molecule has 73 heavy (non-hydrogen) atoms. The van der Waals surface area contributed by atoms with Gasteiger partial charge in [-0.25, -0.2) is 19.7 Å². The normalized spacial score (nSPS) is 11.5. The number of hydrogen-bond acceptors (Lipinski definition) is 17. The number of unbranched alkanes of at least 4 members (excludes halogenated alkanes) is 8. The van der Waals surface area contributed by atoms with Crippen LogP contribution in [-0.2, 0) is 45.4 Å². The Kier molecular flexibility index (Phi) is 19.1. The number of anilines is 4. The number of hydrogen-bond donors (Lipinski definition) is 7. The summed E-state index contributed by atoms with van der Waals surface area (Å²) in [5.74, 6) is -0.677. The number of imidazole rings is 1. The second-order valence-corrected chi connectivity index (χ2v) is 17.7. The van der Waals surface area contributed by atoms with Crippen molar-refractivity contribution < 1.29 is 28.7 Å². The van der Waals surface area contributed by atoms with Crippen molar-refractivity contribution in [2.75, 3.05) is 35.7 Å². The maximum atomic E-state index is 13.5. The van der Waals surface area contributed by atoms with Crippen LogP contribution < -0.4 is 42.8 Å². The summed E-state index contributed by atoms with van der Waals surface area (Å²) in [5.41, 5.74) is 23.6. The summed E-state index contributed by atoms with van der Waals surface area (Å²) in [7, 11) is 1.87. The average molecular weight is 994 g/mol. The Morgan fingerprint density at radius 2 is 1.34 bits per heavy atom. The number of rotatable bonds is 28. The molecule has 3 amide bonds. The lowest BCUT2D eigenvalue weighted by Gasteiger charge is -2.20. The number of amides is 3. The van der Waals surface area contributed by atoms with E-state index in [2.05, 4.69) is 55.8 Å². The maximum absolute atomic E-state index is 13.5. The van der Waals surface area contributed by atoms with Crippen LogP contribution >= 0.6 is 0 Å². The second-order valence-electron chi connectivity index (χ2n) is 17.7. The number of nitrogens with one attached hydrogen (secondary N) is 4. The molecule has 0 aliphatic carbocycles. The minimum Gasteiger partial charge on any atom is -0.471 e. The number of carbonyl (C=O) groups is 4. The minimum atomic E-state index is -1.05. The zero-order valence-electron chi connectivity index (χ0n) is 41.0. The van der Waals surface area contributed by atoms with E-state index < -0.39 is 17.9 Å². The van der Waals surface area contributed by atoms with Crippen LogP contribution in [0, 0.1) is 0 Å². The first-order valence-electron chi connectivity index (χ1n) is 24.5. The second kappa shape index (κ2) is 26.6. The molecule has 0 aliphatic rings. The van der Waals surface area contributed by atoms with Crippen LogP contribution in [0.3, 0.4) is 0 Å². The largest absolute Gasteiger partial charge is 0.471 e. The third-order valence-corrected chi connectivity index (χ3v) is 12.0. The van der Waals surface area contributed by atoms with Crippen LogP contribution in [0.1, 0.15) is 110 Å². The van der Waals surface area contributed by atoms with Crippen LogP contribution in [0.2, 0.25) is 0 Å². The lowest BCUT2D eigenvalue weighted by molar-refractivity contribution is -0.147. The molecular formula is C52H63N15O6. The molecule has 0 bridgehead atoms. The van der Waals surface area contributed by atoms with Gasteiger partial charge in [-0.1, -0.05) is 99.5 Å². The number of nitrogen functional groups attached to an aromatic ring is 3. The van der Waals surface area contributed by atoms with E-state index in [4.69, 9.17) is 26.7 Å². The standard InChI is InChI=1S/C52H63N15O6/c1-67(30-38-29-58-46-43(61-38)45(53)63-51(54)64-46)39-23-21-37(22-24-39)48(70)62-40(50(71)73-32-35-14-10-9-11-15-35)25-26-42(69)56-27-13-8-6-4-2-3-5-7-12-16-41(68)57-28-34-17-19-36(20-18-34)31-72-49-44-47(60-33-59-44)65-52(55)66-49/h9-11,14-15,17-24,29,33,40H,2-8,12-13,16,25-28,30-32H2,1H3,(H,56,69)(H,57,68)(H,62,70)(H4,53,54,58,63,64)(H3,55,59,60,65,66)/t40-/m0/s1. The highest BCUT2D eigenvalue weighted by molar-refractivity contribution is 5.97. The van der Waals surface area contributed by atoms with E-state index in [0.29, 0.717) is 65.5 Å². The van der Waals surface area contributed by atoms with Gasteiger partial charge < -0.3 is 52.5 Å². The molecule has 0 saturated carbocycles. The van der Waals surface area contributed by atoms with Crippen molar-refractivity contribution >= 4 is 69.4 Å². The fraction of sp³-hybridized carbons (Fsp3) is 0.365. The van der Waals surface area contributed by atoms with E-state index >= 15 is 0 Å². The Hall–Kier alpha value is -8.49. The fourth-order valence-electron chi connectivity index (χ4n) is 7.94. The van der Waals surface area contributed by atoms with Gasteiger partial charge in [0, 0.05) is 44.2 Å². The molecule has 10 N–H and O–H groups in total. The van der Waals surface area contributed by atoms with Crippen LogP contribution in [-0.4, -0.2) is 83.2 Å². The zero-order valence-corrected chi connectivity index (χ0v) is 41.0. The number of nitrogens with two attached hydrogens (primary N) is 3. The van der Waals surface area contributed by atoms with Crippen LogP contribution in [0.5, 0.6) is 5.88 Å². The lowest BCUT2D eigenvalue weighted by Crippen LogP contribution is -2.42. The van der Waals surface area contributed by atoms with Crippen molar-refractivity contribution in [3.63, 3.8) is 0 Å². The lowest BCUT2D eigenvalue weighted by atomic mass is 10.1. The first kappa shape index (κ1) is 52.3. The molecule has 0 radical (unpaired) electrons. The molecule has 3 aromatic carbocycles. The number of esters is 1. The summed E-state index contributed by atoms with van der Waals surface area (Å²) in [6.45, 7) is 1.69. The summed E-state index contributed by atoms with van der Waals surface area (Å²) in [4.78, 5) is 86.3. The number of fused-ring (bicyclic) bond motifs is 2. The molecule has 7 aromatic rings. The number of ether oxygens (including phenoxy) is 2. The molecule has 0 saturated heterocycles. The Morgan fingerprint density at radius 3 is 2.10 bits per heavy atom. The Balaban J connectivity index is 0.736. The molecule has 0 aliphatic heterocycles. The molecule has 0 spiro atoms. The number of aromatic nitrogens is 8. The van der Waals surface area contributed by atoms with Gasteiger partial charge >= 0.3 is 5.97 Å². The summed E-state index contributed by atoms with van der Waals surface area (Å²) >= 11 is 0. The van der Waals surface area contributed by atoms with Gasteiger partial charge in [-0.15, -0.1) is 0 Å². The topological polar surface area (TPSA) is 310 Å². The minimum absolute atomic E-state index is 0.0196. The Bertz CT molecular complexity index is 2920. The third kappa shape index (κ3) is 16.3. The monoisotopic (exact) mass is 994 g/mol. The van der Waals surface area contributed by atoms with Crippen LogP contribution in [0.4, 0.5) is 23.4 Å². The SMILES string of the molecule is CN(Cc1cnc2nc(N)nc(N)c2n1)c1ccc(C(=O)N[C@@H](CCC(=O)NCCCCCCCCCCCC(=O)NCc2ccc(COc3nc(N)nc4[nH]cnc34)cc2)C(=O)OCc2ccccc2)cc1. The zero-order chi connectivity index (χ0) is 51.4.